The summed E-state index contributed by atoms with van der Waals surface area (Å²) in [5.41, 5.74) is 7.43. The Morgan fingerprint density at radius 3 is 2.55 bits per heavy atom. The molecule has 0 aliphatic carbocycles. The molecular weight excluding hydrogens is 456 g/mol. The molecule has 4 aromatic rings. The largest absolute Gasteiger partial charge is 0.482 e. The van der Waals surface area contributed by atoms with Crippen LogP contribution in [-0.4, -0.2) is 17.5 Å². The van der Waals surface area contributed by atoms with E-state index in [0.29, 0.717) is 28.4 Å². The molecule has 0 saturated heterocycles. The lowest BCUT2D eigenvalue weighted by Gasteiger charge is -2.12. The first-order valence-electron chi connectivity index (χ1n) is 9.98. The summed E-state index contributed by atoms with van der Waals surface area (Å²) in [6.45, 7) is 8.01. The Hall–Kier alpha value is -3.12. The molecule has 1 aromatic heterocycles. The summed E-state index contributed by atoms with van der Waals surface area (Å²) >= 11 is 3.50. The lowest BCUT2D eigenvalue weighted by atomic mass is 10.1. The zero-order valence-electron chi connectivity index (χ0n) is 17.9. The summed E-state index contributed by atoms with van der Waals surface area (Å²) in [5, 5.41) is 2.86. The minimum atomic E-state index is -0.246. The summed E-state index contributed by atoms with van der Waals surface area (Å²) in [6.07, 6.45) is 0. The summed E-state index contributed by atoms with van der Waals surface area (Å²) in [7, 11) is 0. The highest BCUT2D eigenvalue weighted by molar-refractivity contribution is 9.10. The Morgan fingerprint density at radius 1 is 1.00 bits per heavy atom. The van der Waals surface area contributed by atoms with Crippen LogP contribution in [0.4, 0.5) is 5.69 Å². The number of aromatic nitrogens is 1. The first-order chi connectivity index (χ1) is 14.8. The maximum atomic E-state index is 12.4. The van der Waals surface area contributed by atoms with E-state index in [1.165, 1.54) is 11.1 Å². The quantitative estimate of drug-likeness (QED) is 0.355. The minimum Gasteiger partial charge on any atom is -0.482 e. The highest BCUT2D eigenvalue weighted by Crippen LogP contribution is 2.30. The molecule has 1 amide bonds. The van der Waals surface area contributed by atoms with Gasteiger partial charge in [-0.3, -0.25) is 4.79 Å². The van der Waals surface area contributed by atoms with Crippen LogP contribution in [0.3, 0.4) is 0 Å². The molecule has 4 rings (SSSR count). The number of hydrogen-bond acceptors (Lipinski definition) is 4. The summed E-state index contributed by atoms with van der Waals surface area (Å²) in [4.78, 5) is 17.0. The van der Waals surface area contributed by atoms with Gasteiger partial charge in [0.15, 0.2) is 12.2 Å². The molecule has 31 heavy (non-hydrogen) atoms. The second kappa shape index (κ2) is 8.55. The van der Waals surface area contributed by atoms with E-state index in [0.717, 1.165) is 21.2 Å². The lowest BCUT2D eigenvalue weighted by Crippen LogP contribution is -2.20. The minimum absolute atomic E-state index is 0.0900. The van der Waals surface area contributed by atoms with Crippen molar-refractivity contribution in [3.8, 4) is 17.2 Å². The van der Waals surface area contributed by atoms with Crippen molar-refractivity contribution in [3.63, 3.8) is 0 Å². The third-order valence-electron chi connectivity index (χ3n) is 5.15. The predicted molar refractivity (Wildman–Crippen MR) is 127 cm³/mol. The maximum Gasteiger partial charge on any atom is 0.262 e. The fraction of sp³-hybridized carbons (Fsp3) is 0.200. The van der Waals surface area contributed by atoms with Crippen molar-refractivity contribution < 1.29 is 13.9 Å². The van der Waals surface area contributed by atoms with Crippen molar-refractivity contribution in [2.45, 2.75) is 27.7 Å². The number of anilines is 1. The molecule has 1 heterocycles. The standard InChI is InChI=1S/C25H23BrN2O3/c1-14-9-17(4)24(20(26)10-14)30-13-23(29)27-19-7-8-22-21(12-19)28-25(31-22)18-6-5-15(2)16(3)11-18/h5-12H,13H2,1-4H3,(H,27,29). The van der Waals surface area contributed by atoms with E-state index in [-0.39, 0.29) is 12.5 Å². The SMILES string of the molecule is Cc1cc(C)c(OCC(=O)Nc2ccc3oc(-c4ccc(C)c(C)c4)nc3c2)c(Br)c1. The normalized spacial score (nSPS) is 11.0. The highest BCUT2D eigenvalue weighted by Gasteiger charge is 2.12. The molecule has 5 nitrogen and oxygen atoms in total. The van der Waals surface area contributed by atoms with E-state index in [1.807, 2.05) is 38.1 Å². The topological polar surface area (TPSA) is 64.4 Å². The van der Waals surface area contributed by atoms with Crippen molar-refractivity contribution in [3.05, 3.63) is 75.3 Å². The van der Waals surface area contributed by atoms with Gasteiger partial charge < -0.3 is 14.5 Å². The van der Waals surface area contributed by atoms with Gasteiger partial charge >= 0.3 is 0 Å². The highest BCUT2D eigenvalue weighted by atomic mass is 79.9. The van der Waals surface area contributed by atoms with Crippen LogP contribution in [0, 0.1) is 27.7 Å². The van der Waals surface area contributed by atoms with Gasteiger partial charge in [0.25, 0.3) is 5.91 Å². The number of halogens is 1. The maximum absolute atomic E-state index is 12.4. The molecule has 0 radical (unpaired) electrons. The van der Waals surface area contributed by atoms with Gasteiger partial charge in [-0.05, 0) is 102 Å². The van der Waals surface area contributed by atoms with E-state index in [2.05, 4.69) is 52.2 Å². The number of rotatable bonds is 5. The van der Waals surface area contributed by atoms with Gasteiger partial charge in [-0.2, -0.15) is 0 Å². The molecule has 3 aromatic carbocycles. The zero-order chi connectivity index (χ0) is 22.1. The fourth-order valence-electron chi connectivity index (χ4n) is 3.42. The first-order valence-corrected chi connectivity index (χ1v) is 10.8. The van der Waals surface area contributed by atoms with Gasteiger partial charge in [0, 0.05) is 11.3 Å². The molecular formula is C25H23BrN2O3. The Morgan fingerprint density at radius 2 is 1.81 bits per heavy atom. The second-order valence-electron chi connectivity index (χ2n) is 7.73. The predicted octanol–water partition coefficient (Wildman–Crippen LogP) is 6.51. The molecule has 0 aliphatic heterocycles. The first kappa shape index (κ1) is 21.1. The van der Waals surface area contributed by atoms with Gasteiger partial charge in [-0.1, -0.05) is 12.1 Å². The van der Waals surface area contributed by atoms with Crippen molar-refractivity contribution >= 4 is 38.6 Å². The van der Waals surface area contributed by atoms with E-state index >= 15 is 0 Å². The zero-order valence-corrected chi connectivity index (χ0v) is 19.5. The van der Waals surface area contributed by atoms with Gasteiger partial charge in [0.2, 0.25) is 5.89 Å². The molecule has 0 atom stereocenters. The van der Waals surface area contributed by atoms with Crippen molar-refractivity contribution in [2.75, 3.05) is 11.9 Å². The number of oxazole rings is 1. The van der Waals surface area contributed by atoms with Crippen LogP contribution >= 0.6 is 15.9 Å². The number of amides is 1. The van der Waals surface area contributed by atoms with Gasteiger partial charge in [0.05, 0.1) is 4.47 Å². The van der Waals surface area contributed by atoms with Crippen molar-refractivity contribution in [2.24, 2.45) is 0 Å². The van der Waals surface area contributed by atoms with Crippen LogP contribution in [0.1, 0.15) is 22.3 Å². The van der Waals surface area contributed by atoms with Gasteiger partial charge in [-0.15, -0.1) is 0 Å². The third-order valence-corrected chi connectivity index (χ3v) is 5.74. The van der Waals surface area contributed by atoms with Crippen LogP contribution < -0.4 is 10.1 Å². The summed E-state index contributed by atoms with van der Waals surface area (Å²) in [6, 6.07) is 15.5. The summed E-state index contributed by atoms with van der Waals surface area (Å²) in [5.74, 6) is 0.986. The molecule has 0 saturated carbocycles. The van der Waals surface area contributed by atoms with Crippen LogP contribution in [-0.2, 0) is 4.79 Å². The Labute approximate surface area is 189 Å². The number of nitrogens with zero attached hydrogens (tertiary/aromatic N) is 1. The Balaban J connectivity index is 1.47. The van der Waals surface area contributed by atoms with E-state index < -0.39 is 0 Å². The molecule has 158 valence electrons. The number of carbonyl (C=O) groups is 1. The van der Waals surface area contributed by atoms with E-state index in [9.17, 15) is 4.79 Å². The number of ether oxygens (including phenoxy) is 1. The van der Waals surface area contributed by atoms with Crippen LogP contribution in [0.2, 0.25) is 0 Å². The molecule has 0 fully saturated rings. The number of hydrogen-bond donors (Lipinski definition) is 1. The molecule has 0 spiro atoms. The van der Waals surface area contributed by atoms with E-state index in [4.69, 9.17) is 9.15 Å². The third kappa shape index (κ3) is 4.64. The van der Waals surface area contributed by atoms with Crippen LogP contribution in [0.15, 0.2) is 57.4 Å². The molecule has 6 heteroatoms. The number of carbonyl (C=O) groups excluding carboxylic acids is 1. The number of nitrogens with one attached hydrogen (secondary N) is 1. The molecule has 0 bridgehead atoms. The molecule has 0 unspecified atom stereocenters. The molecule has 1 N–H and O–H groups in total. The van der Waals surface area contributed by atoms with Gasteiger partial charge in [-0.25, -0.2) is 4.98 Å². The number of benzene rings is 3. The van der Waals surface area contributed by atoms with Crippen LogP contribution in [0.25, 0.3) is 22.6 Å². The van der Waals surface area contributed by atoms with Crippen molar-refractivity contribution in [1.82, 2.24) is 4.98 Å². The average molecular weight is 479 g/mol. The average Bonchev–Trinajstić information content (AvgIpc) is 3.12. The van der Waals surface area contributed by atoms with Crippen molar-refractivity contribution in [1.29, 1.82) is 0 Å². The van der Waals surface area contributed by atoms with Gasteiger partial charge in [0.1, 0.15) is 11.3 Å². The Bertz CT molecular complexity index is 1270. The summed E-state index contributed by atoms with van der Waals surface area (Å²) < 4.78 is 12.5. The Kier molecular flexibility index (Phi) is 5.83. The fourth-order valence-corrected chi connectivity index (χ4v) is 4.21. The van der Waals surface area contributed by atoms with Crippen LogP contribution in [0.5, 0.6) is 5.75 Å². The van der Waals surface area contributed by atoms with E-state index in [1.54, 1.807) is 12.1 Å². The number of aryl methyl sites for hydroxylation is 4. The second-order valence-corrected chi connectivity index (χ2v) is 8.58. The monoisotopic (exact) mass is 478 g/mol. The lowest BCUT2D eigenvalue weighted by molar-refractivity contribution is -0.118. The molecule has 0 aliphatic rings. The number of fused-ring (bicyclic) bond motifs is 1. The smallest absolute Gasteiger partial charge is 0.262 e.